The predicted octanol–water partition coefficient (Wildman–Crippen LogP) is 5.55. The normalized spacial score (nSPS) is 14.8. The summed E-state index contributed by atoms with van der Waals surface area (Å²) in [5.41, 5.74) is 1.77. The summed E-state index contributed by atoms with van der Waals surface area (Å²) in [7, 11) is 0. The maximum absolute atomic E-state index is 13.3. The molecule has 1 aliphatic rings. The lowest BCUT2D eigenvalue weighted by atomic mass is 10.1. The van der Waals surface area contributed by atoms with Crippen LogP contribution in [0.1, 0.15) is 50.2 Å². The zero-order valence-electron chi connectivity index (χ0n) is 18.6. The van der Waals surface area contributed by atoms with Gasteiger partial charge in [-0.2, -0.15) is 0 Å². The molecule has 2 aromatic rings. The highest BCUT2D eigenvalue weighted by Crippen LogP contribution is 2.24. The molecule has 3 rings (SSSR count). The van der Waals surface area contributed by atoms with Crippen LogP contribution in [-0.2, 0) is 16.1 Å². The maximum Gasteiger partial charge on any atom is 0.261 e. The summed E-state index contributed by atoms with van der Waals surface area (Å²) < 4.78 is 5.75. The molecule has 1 N–H and O–H groups in total. The third kappa shape index (κ3) is 6.63. The van der Waals surface area contributed by atoms with Crippen LogP contribution in [0.3, 0.4) is 0 Å². The number of hydrogen-bond acceptors (Lipinski definition) is 3. The number of rotatable bonds is 9. The second kappa shape index (κ2) is 11.6. The molecule has 0 heterocycles. The number of amides is 2. The molecule has 7 heteroatoms. The van der Waals surface area contributed by atoms with Crippen LogP contribution in [0.5, 0.6) is 5.75 Å². The number of benzene rings is 2. The van der Waals surface area contributed by atoms with Gasteiger partial charge in [0, 0.05) is 22.6 Å². The third-order valence-corrected chi connectivity index (χ3v) is 6.38. The summed E-state index contributed by atoms with van der Waals surface area (Å²) in [6.45, 7) is 3.90. The van der Waals surface area contributed by atoms with Gasteiger partial charge >= 0.3 is 0 Å². The van der Waals surface area contributed by atoms with E-state index in [4.69, 9.17) is 27.9 Å². The first-order chi connectivity index (χ1) is 15.4. The van der Waals surface area contributed by atoms with Gasteiger partial charge < -0.3 is 15.0 Å². The third-order valence-electron chi connectivity index (χ3n) is 5.80. The molecule has 2 aromatic carbocycles. The van der Waals surface area contributed by atoms with Crippen molar-refractivity contribution in [2.75, 3.05) is 6.61 Å². The summed E-state index contributed by atoms with van der Waals surface area (Å²) >= 11 is 12.4. The summed E-state index contributed by atoms with van der Waals surface area (Å²) in [4.78, 5) is 28.0. The van der Waals surface area contributed by atoms with Crippen LogP contribution in [-0.4, -0.2) is 35.4 Å². The monoisotopic (exact) mass is 476 g/mol. The second-order valence-corrected chi connectivity index (χ2v) is 9.12. The molecule has 0 saturated heterocycles. The molecule has 1 atom stereocenters. The van der Waals surface area contributed by atoms with Crippen molar-refractivity contribution in [2.24, 2.45) is 0 Å². The van der Waals surface area contributed by atoms with E-state index in [1.54, 1.807) is 23.1 Å². The van der Waals surface area contributed by atoms with Gasteiger partial charge in [-0.05, 0) is 61.6 Å². The Kier molecular flexibility index (Phi) is 8.83. The summed E-state index contributed by atoms with van der Waals surface area (Å²) in [6, 6.07) is 12.2. The van der Waals surface area contributed by atoms with E-state index < -0.39 is 6.04 Å². The van der Waals surface area contributed by atoms with E-state index in [1.807, 2.05) is 38.1 Å². The van der Waals surface area contributed by atoms with E-state index >= 15 is 0 Å². The molecule has 172 valence electrons. The van der Waals surface area contributed by atoms with Crippen LogP contribution in [0, 0.1) is 6.92 Å². The van der Waals surface area contributed by atoms with Crippen LogP contribution in [0.2, 0.25) is 10.0 Å². The first-order valence-electron chi connectivity index (χ1n) is 11.1. The van der Waals surface area contributed by atoms with Crippen molar-refractivity contribution in [1.82, 2.24) is 10.2 Å². The minimum Gasteiger partial charge on any atom is -0.484 e. The molecule has 0 spiro atoms. The first kappa shape index (κ1) is 24.4. The van der Waals surface area contributed by atoms with Crippen molar-refractivity contribution in [2.45, 2.75) is 64.6 Å². The van der Waals surface area contributed by atoms with E-state index in [9.17, 15) is 9.59 Å². The molecule has 0 radical (unpaired) electrons. The van der Waals surface area contributed by atoms with Crippen LogP contribution in [0.4, 0.5) is 0 Å². The van der Waals surface area contributed by atoms with Gasteiger partial charge in [-0.15, -0.1) is 0 Å². The minimum absolute atomic E-state index is 0.131. The number of hydrogen-bond donors (Lipinski definition) is 1. The number of carbonyl (C=O) groups excluding carboxylic acids is 2. The molecule has 2 amide bonds. The maximum atomic E-state index is 13.3. The summed E-state index contributed by atoms with van der Waals surface area (Å²) in [6.07, 6.45) is 4.69. The SMILES string of the molecule is CCC(C(=O)NC1CCCC1)N(Cc1ccc(Cl)cc1Cl)C(=O)COc1cccc(C)c1. The topological polar surface area (TPSA) is 58.6 Å². The molecular weight excluding hydrogens is 447 g/mol. The van der Waals surface area contributed by atoms with Crippen molar-refractivity contribution < 1.29 is 14.3 Å². The number of ether oxygens (including phenoxy) is 1. The molecule has 1 fully saturated rings. The van der Waals surface area contributed by atoms with Crippen LogP contribution in [0.15, 0.2) is 42.5 Å². The Hall–Kier alpha value is -2.24. The largest absolute Gasteiger partial charge is 0.484 e. The zero-order valence-corrected chi connectivity index (χ0v) is 20.1. The van der Waals surface area contributed by atoms with Crippen molar-refractivity contribution in [1.29, 1.82) is 0 Å². The highest BCUT2D eigenvalue weighted by atomic mass is 35.5. The minimum atomic E-state index is -0.615. The lowest BCUT2D eigenvalue weighted by Gasteiger charge is -2.31. The second-order valence-electron chi connectivity index (χ2n) is 8.28. The van der Waals surface area contributed by atoms with Crippen molar-refractivity contribution in [3.8, 4) is 5.75 Å². The molecule has 0 aliphatic heterocycles. The van der Waals surface area contributed by atoms with Crippen molar-refractivity contribution >= 4 is 35.0 Å². The van der Waals surface area contributed by atoms with Crippen LogP contribution >= 0.6 is 23.2 Å². The zero-order chi connectivity index (χ0) is 23.1. The number of carbonyl (C=O) groups is 2. The van der Waals surface area contributed by atoms with Gasteiger partial charge in [0.2, 0.25) is 5.91 Å². The molecule has 1 aliphatic carbocycles. The Labute approximate surface area is 200 Å². The fraction of sp³-hybridized carbons (Fsp3) is 0.440. The van der Waals surface area contributed by atoms with Crippen LogP contribution in [0.25, 0.3) is 0 Å². The standard InChI is InChI=1S/C25H30Cl2N2O3/c1-3-23(25(31)28-20-8-4-5-9-20)29(15-18-11-12-19(26)14-22(18)27)24(30)16-32-21-10-6-7-17(2)13-21/h6-7,10-14,20,23H,3-5,8-9,15-16H2,1-2H3,(H,28,31). The fourth-order valence-corrected chi connectivity index (χ4v) is 4.52. The lowest BCUT2D eigenvalue weighted by molar-refractivity contribution is -0.143. The van der Waals surface area contributed by atoms with Gasteiger partial charge in [0.25, 0.3) is 5.91 Å². The van der Waals surface area contributed by atoms with E-state index in [1.165, 1.54) is 0 Å². The van der Waals surface area contributed by atoms with Gasteiger partial charge in [-0.25, -0.2) is 0 Å². The number of halogens is 2. The quantitative estimate of drug-likeness (QED) is 0.516. The smallest absolute Gasteiger partial charge is 0.261 e. The van der Waals surface area contributed by atoms with Crippen molar-refractivity contribution in [3.63, 3.8) is 0 Å². The van der Waals surface area contributed by atoms with Gasteiger partial charge in [-0.3, -0.25) is 9.59 Å². The molecule has 0 bridgehead atoms. The molecule has 0 aromatic heterocycles. The molecule has 1 unspecified atom stereocenters. The average molecular weight is 477 g/mol. The highest BCUT2D eigenvalue weighted by Gasteiger charge is 2.31. The molecule has 1 saturated carbocycles. The lowest BCUT2D eigenvalue weighted by Crippen LogP contribution is -2.52. The summed E-state index contributed by atoms with van der Waals surface area (Å²) in [5.74, 6) is 0.214. The fourth-order valence-electron chi connectivity index (χ4n) is 4.05. The predicted molar refractivity (Wildman–Crippen MR) is 128 cm³/mol. The van der Waals surface area contributed by atoms with E-state index in [-0.39, 0.29) is 31.0 Å². The van der Waals surface area contributed by atoms with Crippen LogP contribution < -0.4 is 10.1 Å². The Balaban J connectivity index is 1.79. The number of nitrogens with zero attached hydrogens (tertiary/aromatic N) is 1. The Morgan fingerprint density at radius 3 is 2.56 bits per heavy atom. The van der Waals surface area contributed by atoms with Gasteiger partial charge in [0.15, 0.2) is 6.61 Å². The Morgan fingerprint density at radius 2 is 1.91 bits per heavy atom. The van der Waals surface area contributed by atoms with Crippen molar-refractivity contribution in [3.05, 3.63) is 63.6 Å². The van der Waals surface area contributed by atoms with Gasteiger partial charge in [0.1, 0.15) is 11.8 Å². The van der Waals surface area contributed by atoms with E-state index in [2.05, 4.69) is 5.32 Å². The highest BCUT2D eigenvalue weighted by molar-refractivity contribution is 6.35. The summed E-state index contributed by atoms with van der Waals surface area (Å²) in [5, 5.41) is 4.11. The molecular formula is C25H30Cl2N2O3. The van der Waals surface area contributed by atoms with E-state index in [0.717, 1.165) is 36.8 Å². The number of aryl methyl sites for hydroxylation is 1. The van der Waals surface area contributed by atoms with E-state index in [0.29, 0.717) is 22.2 Å². The van der Waals surface area contributed by atoms with Gasteiger partial charge in [-0.1, -0.05) is 61.2 Å². The van der Waals surface area contributed by atoms with Gasteiger partial charge in [0.05, 0.1) is 0 Å². The average Bonchev–Trinajstić information content (AvgIpc) is 3.26. The first-order valence-corrected chi connectivity index (χ1v) is 11.9. The molecule has 5 nitrogen and oxygen atoms in total. The Bertz CT molecular complexity index is 945. The Morgan fingerprint density at radius 1 is 1.16 bits per heavy atom. The number of nitrogens with one attached hydrogen (secondary N) is 1. The molecule has 32 heavy (non-hydrogen) atoms.